The van der Waals surface area contributed by atoms with Crippen LogP contribution in [0.25, 0.3) is 10.4 Å². The highest BCUT2D eigenvalue weighted by Gasteiger charge is 2.41. The molecular formula is C23H25N2O3PS. The van der Waals surface area contributed by atoms with Crippen molar-refractivity contribution in [3.05, 3.63) is 71.1 Å². The largest absolute Gasteiger partial charge is 0.397 e. The van der Waals surface area contributed by atoms with Crippen LogP contribution in [-0.2, 0) is 15.3 Å². The van der Waals surface area contributed by atoms with Gasteiger partial charge in [0.25, 0.3) is 5.91 Å². The minimum absolute atomic E-state index is 0.194. The SMILES string of the molecule is CCOP(=O)(Cc1ccc(C(=O)Nc2cc(-c3cccs3)ccc2N)cc1)C1CC1. The second-order valence-electron chi connectivity index (χ2n) is 7.46. The molecule has 0 radical (unpaired) electrons. The molecule has 1 saturated carbocycles. The zero-order valence-electron chi connectivity index (χ0n) is 16.8. The summed E-state index contributed by atoms with van der Waals surface area (Å²) < 4.78 is 18.7. The first kappa shape index (κ1) is 20.9. The number of hydrogen-bond acceptors (Lipinski definition) is 5. The number of nitrogen functional groups attached to an aromatic ring is 1. The fourth-order valence-corrected chi connectivity index (χ4v) is 6.81. The number of nitrogens with two attached hydrogens (primary N) is 1. The molecule has 30 heavy (non-hydrogen) atoms. The molecule has 1 aliphatic carbocycles. The monoisotopic (exact) mass is 440 g/mol. The summed E-state index contributed by atoms with van der Waals surface area (Å²) in [4.78, 5) is 13.9. The number of carbonyl (C=O) groups excluding carboxylic acids is 1. The Bertz CT molecular complexity index is 1080. The van der Waals surface area contributed by atoms with E-state index in [1.807, 2.05) is 48.7 Å². The molecule has 7 heteroatoms. The summed E-state index contributed by atoms with van der Waals surface area (Å²) in [6, 6.07) is 16.9. The highest BCUT2D eigenvalue weighted by Crippen LogP contribution is 2.63. The van der Waals surface area contributed by atoms with Gasteiger partial charge in [0.1, 0.15) is 0 Å². The van der Waals surface area contributed by atoms with Crippen molar-refractivity contribution < 1.29 is 13.9 Å². The van der Waals surface area contributed by atoms with Crippen LogP contribution in [0.1, 0.15) is 35.7 Å². The minimum Gasteiger partial charge on any atom is -0.397 e. The normalized spacial score (nSPS) is 15.5. The molecule has 0 saturated heterocycles. The van der Waals surface area contributed by atoms with Gasteiger partial charge in [0.2, 0.25) is 7.37 Å². The molecule has 1 fully saturated rings. The molecule has 4 rings (SSSR count). The summed E-state index contributed by atoms with van der Waals surface area (Å²) in [7, 11) is -2.65. The number of hydrogen-bond donors (Lipinski definition) is 2. The lowest BCUT2D eigenvalue weighted by atomic mass is 10.1. The third-order valence-electron chi connectivity index (χ3n) is 5.18. The van der Waals surface area contributed by atoms with Crippen LogP contribution in [0, 0.1) is 0 Å². The van der Waals surface area contributed by atoms with Crippen molar-refractivity contribution in [1.82, 2.24) is 0 Å². The summed E-state index contributed by atoms with van der Waals surface area (Å²) in [6.07, 6.45) is 2.37. The Morgan fingerprint density at radius 3 is 2.60 bits per heavy atom. The summed E-state index contributed by atoms with van der Waals surface area (Å²) in [5.41, 5.74) is 9.83. The van der Waals surface area contributed by atoms with Crippen LogP contribution in [0.15, 0.2) is 60.0 Å². The van der Waals surface area contributed by atoms with E-state index in [2.05, 4.69) is 5.32 Å². The minimum atomic E-state index is -2.65. The van der Waals surface area contributed by atoms with E-state index in [0.29, 0.717) is 29.7 Å². The average molecular weight is 441 g/mol. The summed E-state index contributed by atoms with van der Waals surface area (Å²) >= 11 is 1.63. The van der Waals surface area contributed by atoms with Crippen LogP contribution in [-0.4, -0.2) is 18.2 Å². The van der Waals surface area contributed by atoms with Crippen LogP contribution in [0.3, 0.4) is 0 Å². The topological polar surface area (TPSA) is 81.4 Å². The van der Waals surface area contributed by atoms with Crippen molar-refractivity contribution in [3.63, 3.8) is 0 Å². The maximum Gasteiger partial charge on any atom is 0.255 e. The van der Waals surface area contributed by atoms with Gasteiger partial charge in [0, 0.05) is 16.1 Å². The zero-order valence-corrected chi connectivity index (χ0v) is 18.5. The van der Waals surface area contributed by atoms with Crippen LogP contribution in [0.5, 0.6) is 0 Å². The van der Waals surface area contributed by atoms with E-state index in [1.165, 1.54) is 0 Å². The molecule has 0 spiro atoms. The van der Waals surface area contributed by atoms with Gasteiger partial charge in [-0.3, -0.25) is 9.36 Å². The van der Waals surface area contributed by atoms with E-state index in [9.17, 15) is 9.36 Å². The Morgan fingerprint density at radius 1 is 1.20 bits per heavy atom. The third-order valence-corrected chi connectivity index (χ3v) is 9.23. The molecule has 1 heterocycles. The second kappa shape index (κ2) is 8.76. The smallest absolute Gasteiger partial charge is 0.255 e. The lowest BCUT2D eigenvalue weighted by Crippen LogP contribution is -2.13. The highest BCUT2D eigenvalue weighted by molar-refractivity contribution is 7.59. The molecule has 1 atom stereocenters. The second-order valence-corrected chi connectivity index (χ2v) is 11.2. The fourth-order valence-electron chi connectivity index (χ4n) is 3.44. The third kappa shape index (κ3) is 4.67. The van der Waals surface area contributed by atoms with Crippen molar-refractivity contribution in [2.45, 2.75) is 31.6 Å². The Hall–Kier alpha value is -2.40. The molecule has 5 nitrogen and oxygen atoms in total. The first-order chi connectivity index (χ1) is 14.5. The number of anilines is 2. The van der Waals surface area contributed by atoms with Gasteiger partial charge in [-0.1, -0.05) is 24.3 Å². The van der Waals surface area contributed by atoms with Crippen LogP contribution < -0.4 is 11.1 Å². The highest BCUT2D eigenvalue weighted by atomic mass is 32.1. The molecule has 1 amide bonds. The molecule has 1 aliphatic rings. The van der Waals surface area contributed by atoms with Gasteiger partial charge >= 0.3 is 0 Å². The number of carbonyl (C=O) groups is 1. The first-order valence-electron chi connectivity index (χ1n) is 10.1. The quantitative estimate of drug-likeness (QED) is 0.321. The molecule has 3 N–H and O–H groups in total. The Labute approximate surface area is 180 Å². The number of benzene rings is 2. The average Bonchev–Trinajstić information content (AvgIpc) is 3.46. The first-order valence-corrected chi connectivity index (χ1v) is 12.8. The van der Waals surface area contributed by atoms with Gasteiger partial charge < -0.3 is 15.6 Å². The number of amides is 1. The Morgan fingerprint density at radius 2 is 1.97 bits per heavy atom. The van der Waals surface area contributed by atoms with E-state index in [4.69, 9.17) is 10.3 Å². The maximum absolute atomic E-state index is 13.1. The van der Waals surface area contributed by atoms with Crippen molar-refractivity contribution in [3.8, 4) is 10.4 Å². The molecule has 1 unspecified atom stereocenters. The van der Waals surface area contributed by atoms with E-state index < -0.39 is 7.37 Å². The summed E-state index contributed by atoms with van der Waals surface area (Å²) in [6.45, 7) is 2.34. The predicted molar refractivity (Wildman–Crippen MR) is 125 cm³/mol. The van der Waals surface area contributed by atoms with Gasteiger partial charge in [-0.25, -0.2) is 0 Å². The number of nitrogens with one attached hydrogen (secondary N) is 1. The molecule has 0 aliphatic heterocycles. The van der Waals surface area contributed by atoms with Crippen molar-refractivity contribution in [2.24, 2.45) is 0 Å². The van der Waals surface area contributed by atoms with Gasteiger partial charge in [-0.05, 0) is 66.6 Å². The predicted octanol–water partition coefficient (Wildman–Crippen LogP) is 6.23. The molecule has 1 aromatic heterocycles. The summed E-state index contributed by atoms with van der Waals surface area (Å²) in [5.74, 6) is -0.230. The van der Waals surface area contributed by atoms with Gasteiger partial charge in [0.15, 0.2) is 0 Å². The van der Waals surface area contributed by atoms with Crippen molar-refractivity contribution >= 4 is 36.0 Å². The fraction of sp³-hybridized carbons (Fsp3) is 0.261. The maximum atomic E-state index is 13.1. The summed E-state index contributed by atoms with van der Waals surface area (Å²) in [5, 5.41) is 4.92. The van der Waals surface area contributed by atoms with Gasteiger partial charge in [-0.2, -0.15) is 0 Å². The van der Waals surface area contributed by atoms with Crippen LogP contribution >= 0.6 is 18.7 Å². The van der Waals surface area contributed by atoms with Crippen molar-refractivity contribution in [1.29, 1.82) is 0 Å². The Balaban J connectivity index is 1.47. The lowest BCUT2D eigenvalue weighted by molar-refractivity contribution is 0.102. The number of rotatable bonds is 8. The Kier molecular flexibility index (Phi) is 6.09. The number of thiophene rings is 1. The standard InChI is InChI=1S/C23H25N2O3PS/c1-2-28-29(27,19-10-11-19)15-16-5-7-17(8-6-16)23(26)25-21-14-18(9-12-20(21)24)22-4-3-13-30-22/h3-9,12-14,19H,2,10-11,15,24H2,1H3,(H,25,26). The molecule has 3 aromatic rings. The molecule has 2 aromatic carbocycles. The lowest BCUT2D eigenvalue weighted by Gasteiger charge is -2.17. The zero-order chi connectivity index (χ0) is 21.1. The molecule has 156 valence electrons. The van der Waals surface area contributed by atoms with Crippen molar-refractivity contribution in [2.75, 3.05) is 17.7 Å². The van der Waals surface area contributed by atoms with E-state index >= 15 is 0 Å². The molecule has 0 bridgehead atoms. The van der Waals surface area contributed by atoms with E-state index in [-0.39, 0.29) is 11.6 Å². The van der Waals surface area contributed by atoms with Gasteiger partial charge in [-0.15, -0.1) is 11.3 Å². The van der Waals surface area contributed by atoms with Crippen LogP contribution in [0.2, 0.25) is 0 Å². The van der Waals surface area contributed by atoms with Gasteiger partial charge in [0.05, 0.1) is 24.1 Å². The van der Waals surface area contributed by atoms with E-state index in [0.717, 1.165) is 28.8 Å². The van der Waals surface area contributed by atoms with Crippen LogP contribution in [0.4, 0.5) is 11.4 Å². The van der Waals surface area contributed by atoms with E-state index in [1.54, 1.807) is 29.5 Å². The molecular weight excluding hydrogens is 415 g/mol.